The van der Waals surface area contributed by atoms with Gasteiger partial charge >= 0.3 is 0 Å². The monoisotopic (exact) mass is 409 g/mol. The van der Waals surface area contributed by atoms with Gasteiger partial charge in [0.15, 0.2) is 0 Å². The number of fused-ring (bicyclic) bond motifs is 1. The molecule has 2 aliphatic rings. The number of hydrogen-bond acceptors (Lipinski definition) is 6. The van der Waals surface area contributed by atoms with Crippen LogP contribution in [-0.4, -0.2) is 58.0 Å². The summed E-state index contributed by atoms with van der Waals surface area (Å²) in [7, 11) is 0. The molecule has 2 aliphatic heterocycles. The maximum absolute atomic E-state index is 12.7. The standard InChI is InChI=1S/C18H23N5O2S.ClH/c1-11(14-8-12(24)9-21-14)22-18(25)16-10-23(6-7-26-16)15-3-5-20-17-13(15)2-4-19-17;/h2-5,10-12,14,21,24H,6-9H2,1H3,(H,19,20)(H,22,25);1H/t11?,12-,14+;/m0./s1. The van der Waals surface area contributed by atoms with Gasteiger partial charge in [0, 0.05) is 54.9 Å². The average Bonchev–Trinajstić information content (AvgIpc) is 3.30. The molecule has 1 saturated heterocycles. The lowest BCUT2D eigenvalue weighted by Crippen LogP contribution is -2.46. The van der Waals surface area contributed by atoms with Gasteiger partial charge in [0.25, 0.3) is 5.91 Å². The number of amides is 1. The van der Waals surface area contributed by atoms with Gasteiger partial charge in [-0.15, -0.1) is 24.2 Å². The lowest BCUT2D eigenvalue weighted by atomic mass is 10.1. The van der Waals surface area contributed by atoms with Gasteiger partial charge < -0.3 is 25.6 Å². The maximum Gasteiger partial charge on any atom is 0.259 e. The molecular weight excluding hydrogens is 386 g/mol. The number of hydrogen-bond donors (Lipinski definition) is 4. The van der Waals surface area contributed by atoms with Crippen LogP contribution < -0.4 is 15.5 Å². The summed E-state index contributed by atoms with van der Waals surface area (Å²) in [6, 6.07) is 4.06. The Morgan fingerprint density at radius 1 is 1.48 bits per heavy atom. The predicted molar refractivity (Wildman–Crippen MR) is 111 cm³/mol. The van der Waals surface area contributed by atoms with Crippen LogP contribution in [0.4, 0.5) is 5.69 Å². The molecule has 0 radical (unpaired) electrons. The van der Waals surface area contributed by atoms with Crippen molar-refractivity contribution in [3.05, 3.63) is 35.6 Å². The Morgan fingerprint density at radius 3 is 3.11 bits per heavy atom. The topological polar surface area (TPSA) is 93.3 Å². The van der Waals surface area contributed by atoms with Gasteiger partial charge in [-0.3, -0.25) is 4.79 Å². The zero-order valence-electron chi connectivity index (χ0n) is 15.0. The summed E-state index contributed by atoms with van der Waals surface area (Å²) in [4.78, 5) is 23.0. The highest BCUT2D eigenvalue weighted by molar-refractivity contribution is 8.04. The quantitative estimate of drug-likeness (QED) is 0.613. The van der Waals surface area contributed by atoms with E-state index in [1.807, 2.05) is 31.5 Å². The third-order valence-corrected chi connectivity index (χ3v) is 5.93. The van der Waals surface area contributed by atoms with Crippen molar-refractivity contribution in [3.8, 4) is 0 Å². The molecule has 7 nitrogen and oxygen atoms in total. The van der Waals surface area contributed by atoms with Gasteiger partial charge in [-0.1, -0.05) is 0 Å². The van der Waals surface area contributed by atoms with Crippen molar-refractivity contribution in [3.63, 3.8) is 0 Å². The molecule has 146 valence electrons. The summed E-state index contributed by atoms with van der Waals surface area (Å²) >= 11 is 1.58. The first-order valence-corrected chi connectivity index (χ1v) is 9.86. The van der Waals surface area contributed by atoms with Gasteiger partial charge in [-0.25, -0.2) is 4.98 Å². The second-order valence-corrected chi connectivity index (χ2v) is 7.91. The highest BCUT2D eigenvalue weighted by Crippen LogP contribution is 2.30. The fourth-order valence-corrected chi connectivity index (χ4v) is 4.41. The van der Waals surface area contributed by atoms with Crippen molar-refractivity contribution in [1.82, 2.24) is 20.6 Å². The Kier molecular flexibility index (Phi) is 6.31. The van der Waals surface area contributed by atoms with Crippen LogP contribution >= 0.6 is 24.2 Å². The van der Waals surface area contributed by atoms with Crippen LogP contribution in [0.1, 0.15) is 13.3 Å². The zero-order chi connectivity index (χ0) is 18.1. The van der Waals surface area contributed by atoms with Gasteiger partial charge in [0.2, 0.25) is 0 Å². The number of rotatable bonds is 4. The first kappa shape index (κ1) is 20.0. The largest absolute Gasteiger partial charge is 0.392 e. The molecule has 4 rings (SSSR count). The minimum atomic E-state index is -0.325. The Morgan fingerprint density at radius 2 is 2.33 bits per heavy atom. The second-order valence-electron chi connectivity index (χ2n) is 6.77. The number of pyridine rings is 1. The first-order valence-electron chi connectivity index (χ1n) is 8.87. The third kappa shape index (κ3) is 4.24. The molecule has 3 atom stereocenters. The number of halogens is 1. The molecular formula is C18H24ClN5O2S. The zero-order valence-corrected chi connectivity index (χ0v) is 16.6. The van der Waals surface area contributed by atoms with Crippen molar-refractivity contribution in [2.45, 2.75) is 31.5 Å². The molecule has 0 spiro atoms. The number of nitrogens with one attached hydrogen (secondary N) is 3. The number of aromatic nitrogens is 2. The van der Waals surface area contributed by atoms with Crippen LogP contribution in [0.2, 0.25) is 0 Å². The minimum Gasteiger partial charge on any atom is -0.392 e. The molecule has 0 aliphatic carbocycles. The van der Waals surface area contributed by atoms with E-state index < -0.39 is 0 Å². The van der Waals surface area contributed by atoms with Crippen LogP contribution in [0.3, 0.4) is 0 Å². The normalized spacial score (nSPS) is 23.6. The van der Waals surface area contributed by atoms with Crippen LogP contribution in [0.5, 0.6) is 0 Å². The Bertz CT molecular complexity index is 842. The van der Waals surface area contributed by atoms with E-state index in [4.69, 9.17) is 0 Å². The number of aliphatic hydroxyl groups is 1. The van der Waals surface area contributed by atoms with Crippen LogP contribution in [-0.2, 0) is 4.79 Å². The number of anilines is 1. The smallest absolute Gasteiger partial charge is 0.259 e. The number of aliphatic hydroxyl groups excluding tert-OH is 1. The number of nitrogens with zero attached hydrogens (tertiary/aromatic N) is 2. The van der Waals surface area contributed by atoms with E-state index in [0.717, 1.165) is 29.0 Å². The molecule has 27 heavy (non-hydrogen) atoms. The van der Waals surface area contributed by atoms with Crippen molar-refractivity contribution in [2.75, 3.05) is 23.7 Å². The molecule has 1 fully saturated rings. The molecule has 2 aromatic rings. The molecule has 0 saturated carbocycles. The SMILES string of the molecule is CC(NC(=O)C1=CN(c2ccnc3[nH]ccc23)CCS1)[C@H]1C[C@H](O)CN1.Cl. The molecule has 4 heterocycles. The molecule has 1 amide bonds. The summed E-state index contributed by atoms with van der Waals surface area (Å²) in [5, 5.41) is 17.0. The third-order valence-electron chi connectivity index (χ3n) is 4.94. The molecule has 0 aromatic carbocycles. The average molecular weight is 410 g/mol. The number of aromatic amines is 1. The first-order chi connectivity index (χ1) is 12.6. The van der Waals surface area contributed by atoms with Crippen molar-refractivity contribution in [2.24, 2.45) is 0 Å². The highest BCUT2D eigenvalue weighted by atomic mass is 35.5. The number of carbonyl (C=O) groups excluding carboxylic acids is 1. The van der Waals surface area contributed by atoms with Crippen molar-refractivity contribution < 1.29 is 9.90 Å². The van der Waals surface area contributed by atoms with E-state index >= 15 is 0 Å². The maximum atomic E-state index is 12.7. The van der Waals surface area contributed by atoms with Crippen molar-refractivity contribution >= 4 is 46.8 Å². The predicted octanol–water partition coefficient (Wildman–Crippen LogP) is 1.61. The molecule has 1 unspecified atom stereocenters. The lowest BCUT2D eigenvalue weighted by molar-refractivity contribution is -0.117. The van der Waals surface area contributed by atoms with E-state index in [1.54, 1.807) is 18.0 Å². The Hall–Kier alpha value is -1.74. The molecule has 2 aromatic heterocycles. The summed E-state index contributed by atoms with van der Waals surface area (Å²) in [5.41, 5.74) is 1.90. The van der Waals surface area contributed by atoms with Gasteiger partial charge in [0.05, 0.1) is 16.7 Å². The minimum absolute atomic E-state index is 0. The fraction of sp³-hybridized carbons (Fsp3) is 0.444. The number of thioether (sulfide) groups is 1. The van der Waals surface area contributed by atoms with E-state index in [2.05, 4.69) is 25.5 Å². The summed E-state index contributed by atoms with van der Waals surface area (Å²) in [5.74, 6) is 0.789. The highest BCUT2D eigenvalue weighted by Gasteiger charge is 2.29. The van der Waals surface area contributed by atoms with E-state index in [-0.39, 0.29) is 36.5 Å². The van der Waals surface area contributed by atoms with E-state index in [1.165, 1.54) is 0 Å². The van der Waals surface area contributed by atoms with Gasteiger partial charge in [-0.05, 0) is 25.5 Å². The van der Waals surface area contributed by atoms with Crippen LogP contribution in [0, 0.1) is 0 Å². The van der Waals surface area contributed by atoms with Crippen molar-refractivity contribution in [1.29, 1.82) is 0 Å². The van der Waals surface area contributed by atoms with E-state index in [9.17, 15) is 9.90 Å². The number of H-pyrrole nitrogens is 1. The van der Waals surface area contributed by atoms with Crippen LogP contribution in [0.15, 0.2) is 35.6 Å². The van der Waals surface area contributed by atoms with E-state index in [0.29, 0.717) is 17.9 Å². The Labute approximate surface area is 168 Å². The number of β-amino-alcohol motifs (C(OH)–C–C–N with tert-alkyl or cyclic N) is 1. The van der Waals surface area contributed by atoms with Gasteiger partial charge in [-0.2, -0.15) is 0 Å². The van der Waals surface area contributed by atoms with Gasteiger partial charge in [0.1, 0.15) is 5.65 Å². The molecule has 0 bridgehead atoms. The molecule has 9 heteroatoms. The second kappa shape index (κ2) is 8.52. The summed E-state index contributed by atoms with van der Waals surface area (Å²) < 4.78 is 0. The lowest BCUT2D eigenvalue weighted by Gasteiger charge is -2.28. The fourth-order valence-electron chi connectivity index (χ4n) is 3.51. The number of carbonyl (C=O) groups is 1. The Balaban J connectivity index is 0.00000210. The summed E-state index contributed by atoms with van der Waals surface area (Å²) in [6.07, 6.45) is 5.93. The summed E-state index contributed by atoms with van der Waals surface area (Å²) in [6.45, 7) is 3.41. The molecule has 4 N–H and O–H groups in total. The van der Waals surface area contributed by atoms with Crippen LogP contribution in [0.25, 0.3) is 11.0 Å².